The second kappa shape index (κ2) is 6.12. The second-order valence-corrected chi connectivity index (χ2v) is 9.90. The molecular weight excluding hydrogens is 435 g/mol. The Morgan fingerprint density at radius 3 is 2.91 bits per heavy atom. The molecule has 0 bridgehead atoms. The van der Waals surface area contributed by atoms with Crippen LogP contribution in [-0.4, -0.2) is 42.3 Å². The van der Waals surface area contributed by atoms with Crippen molar-refractivity contribution in [1.29, 1.82) is 0 Å². The van der Waals surface area contributed by atoms with Crippen molar-refractivity contribution in [1.82, 2.24) is 0 Å². The highest BCUT2D eigenvalue weighted by atomic mass is 127. The number of sulfone groups is 1. The van der Waals surface area contributed by atoms with Crippen LogP contribution < -0.4 is 4.90 Å². The number of nitrogens with zero attached hydrogens (tertiary/aromatic N) is 2. The van der Waals surface area contributed by atoms with Gasteiger partial charge in [-0.3, -0.25) is 4.79 Å². The minimum Gasteiger partial charge on any atom is -0.316 e. The fourth-order valence-electron chi connectivity index (χ4n) is 2.68. The average molecular weight is 450 g/mol. The molecule has 2 aliphatic heterocycles. The molecule has 0 spiro atoms. The van der Waals surface area contributed by atoms with Crippen molar-refractivity contribution >= 4 is 61.0 Å². The summed E-state index contributed by atoms with van der Waals surface area (Å²) in [6.07, 6.45) is 0.345. The van der Waals surface area contributed by atoms with Gasteiger partial charge < -0.3 is 4.90 Å². The van der Waals surface area contributed by atoms with Gasteiger partial charge in [0.05, 0.1) is 17.5 Å². The minimum atomic E-state index is -3.02. The van der Waals surface area contributed by atoms with Crippen LogP contribution in [0.1, 0.15) is 13.3 Å². The van der Waals surface area contributed by atoms with Gasteiger partial charge in [0.25, 0.3) is 0 Å². The summed E-state index contributed by atoms with van der Waals surface area (Å²) in [5.41, 5.74) is 0.895. The van der Waals surface area contributed by atoms with Crippen molar-refractivity contribution in [2.45, 2.75) is 24.6 Å². The number of carbonyl (C=O) groups excluding carboxylic acids is 1. The zero-order valence-corrected chi connectivity index (χ0v) is 15.7. The molecule has 0 radical (unpaired) electrons. The lowest BCUT2D eigenvalue weighted by atomic mass is 10.2. The Morgan fingerprint density at radius 1 is 1.45 bits per heavy atom. The number of thioether (sulfide) groups is 1. The van der Waals surface area contributed by atoms with Crippen LogP contribution in [0.3, 0.4) is 0 Å². The van der Waals surface area contributed by atoms with E-state index < -0.39 is 9.84 Å². The summed E-state index contributed by atoms with van der Waals surface area (Å²) in [7, 11) is -3.02. The third kappa shape index (κ3) is 3.18. The van der Waals surface area contributed by atoms with E-state index in [2.05, 4.69) is 27.6 Å². The van der Waals surface area contributed by atoms with Crippen molar-refractivity contribution < 1.29 is 13.2 Å². The third-order valence-electron chi connectivity index (χ3n) is 3.68. The zero-order chi connectivity index (χ0) is 15.9. The van der Waals surface area contributed by atoms with Crippen LogP contribution >= 0.6 is 34.4 Å². The Balaban J connectivity index is 2.03. The summed E-state index contributed by atoms with van der Waals surface area (Å²) >= 11 is 3.63. The number of hydrogen-bond acceptors (Lipinski definition) is 4. The number of halogens is 1. The molecule has 0 saturated carbocycles. The smallest absolute Gasteiger partial charge is 0.247 e. The molecule has 0 unspecified atom stereocenters. The van der Waals surface area contributed by atoms with E-state index in [1.165, 1.54) is 11.8 Å². The Kier molecular flexibility index (Phi) is 4.52. The molecule has 2 fully saturated rings. The molecule has 2 saturated heterocycles. The fourth-order valence-corrected chi connectivity index (χ4v) is 7.14. The molecule has 118 valence electrons. The number of amides is 1. The van der Waals surface area contributed by atoms with Gasteiger partial charge in [-0.15, -0.1) is 0 Å². The number of hydrogen-bond donors (Lipinski definition) is 0. The lowest BCUT2D eigenvalue weighted by Crippen LogP contribution is -2.37. The second-order valence-electron chi connectivity index (χ2n) is 5.29. The molecule has 1 amide bonds. The summed E-state index contributed by atoms with van der Waals surface area (Å²) in [5, 5.41) is 0.574. The Bertz CT molecular complexity index is 748. The molecule has 0 N–H and O–H groups in total. The Morgan fingerprint density at radius 2 is 2.23 bits per heavy atom. The normalized spacial score (nSPS) is 28.1. The molecule has 3 rings (SSSR count). The number of carbonyl (C=O) groups is 1. The van der Waals surface area contributed by atoms with Gasteiger partial charge in [-0.25, -0.2) is 8.42 Å². The van der Waals surface area contributed by atoms with Gasteiger partial charge in [0.1, 0.15) is 0 Å². The van der Waals surface area contributed by atoms with E-state index in [9.17, 15) is 13.2 Å². The Hall–Kier alpha value is -0.610. The van der Waals surface area contributed by atoms with Crippen molar-refractivity contribution in [3.63, 3.8) is 0 Å². The third-order valence-corrected chi connectivity index (χ3v) is 7.56. The number of amidine groups is 1. The molecule has 1 aromatic carbocycles. The topological polar surface area (TPSA) is 66.8 Å². The van der Waals surface area contributed by atoms with E-state index in [1.54, 1.807) is 6.92 Å². The number of anilines is 1. The summed E-state index contributed by atoms with van der Waals surface area (Å²) in [5.74, 6) is 0.0957. The molecule has 2 heterocycles. The molecule has 0 aliphatic carbocycles. The molecule has 2 atom stereocenters. The van der Waals surface area contributed by atoms with E-state index in [1.807, 2.05) is 29.2 Å². The summed E-state index contributed by atoms with van der Waals surface area (Å²) in [6.45, 7) is 1.77. The van der Waals surface area contributed by atoms with Crippen LogP contribution in [-0.2, 0) is 14.6 Å². The van der Waals surface area contributed by atoms with Crippen LogP contribution in [0.2, 0.25) is 0 Å². The maximum absolute atomic E-state index is 11.9. The fraction of sp³-hybridized carbons (Fsp3) is 0.429. The molecule has 8 heteroatoms. The zero-order valence-electron chi connectivity index (χ0n) is 11.9. The van der Waals surface area contributed by atoms with Crippen LogP contribution in [0.4, 0.5) is 5.69 Å². The molecule has 2 aliphatic rings. The van der Waals surface area contributed by atoms with Crippen LogP contribution in [0, 0.1) is 3.57 Å². The van der Waals surface area contributed by atoms with Crippen LogP contribution in [0.15, 0.2) is 29.3 Å². The molecule has 5 nitrogen and oxygen atoms in total. The van der Waals surface area contributed by atoms with E-state index in [4.69, 9.17) is 0 Å². The average Bonchev–Trinajstić information content (AvgIpc) is 2.89. The molecule has 0 aromatic heterocycles. The lowest BCUT2D eigenvalue weighted by molar-refractivity contribution is -0.117. The number of rotatable bonds is 2. The largest absolute Gasteiger partial charge is 0.316 e. The number of aliphatic imine (C=N–C) groups is 1. The van der Waals surface area contributed by atoms with E-state index >= 15 is 0 Å². The maximum Gasteiger partial charge on any atom is 0.247 e. The quantitative estimate of drug-likeness (QED) is 0.648. The maximum atomic E-state index is 11.9. The van der Waals surface area contributed by atoms with Gasteiger partial charge >= 0.3 is 0 Å². The minimum absolute atomic E-state index is 0.0497. The highest BCUT2D eigenvalue weighted by Gasteiger charge is 2.49. The highest BCUT2D eigenvalue weighted by Crippen LogP contribution is 2.41. The predicted molar refractivity (Wildman–Crippen MR) is 98.2 cm³/mol. The molecular formula is C14H15IN2O3S2. The van der Waals surface area contributed by atoms with Gasteiger partial charge in [-0.1, -0.05) is 24.8 Å². The first-order valence-corrected chi connectivity index (χ1v) is 10.7. The number of benzene rings is 1. The number of fused-ring (bicyclic) bond motifs is 1. The first-order valence-electron chi connectivity index (χ1n) is 6.93. The van der Waals surface area contributed by atoms with Gasteiger partial charge in [-0.2, -0.15) is 4.99 Å². The van der Waals surface area contributed by atoms with Crippen molar-refractivity contribution in [2.24, 2.45) is 4.99 Å². The van der Waals surface area contributed by atoms with Gasteiger partial charge in [0.15, 0.2) is 15.0 Å². The van der Waals surface area contributed by atoms with Crippen molar-refractivity contribution in [3.05, 3.63) is 27.8 Å². The lowest BCUT2D eigenvalue weighted by Gasteiger charge is -2.24. The summed E-state index contributed by atoms with van der Waals surface area (Å²) in [6, 6.07) is 7.68. The van der Waals surface area contributed by atoms with Crippen molar-refractivity contribution in [2.75, 3.05) is 16.4 Å². The summed E-state index contributed by atoms with van der Waals surface area (Å²) < 4.78 is 24.9. The van der Waals surface area contributed by atoms with Gasteiger partial charge in [-0.05, 0) is 40.8 Å². The standard InChI is InChI=1S/C14H15IN2O3S2/c1-2-13(18)16-14-17(10-5-3-4-9(15)6-10)11-7-22(19,20)8-12(11)21-14/h3-6,11-12H,2,7-8H2,1H3/t11-,12+/m0/s1. The molecule has 22 heavy (non-hydrogen) atoms. The van der Waals surface area contributed by atoms with E-state index in [-0.39, 0.29) is 28.7 Å². The highest BCUT2D eigenvalue weighted by molar-refractivity contribution is 14.1. The van der Waals surface area contributed by atoms with Crippen LogP contribution in [0.5, 0.6) is 0 Å². The first-order chi connectivity index (χ1) is 10.4. The molecule has 1 aromatic rings. The Labute approximate surface area is 147 Å². The van der Waals surface area contributed by atoms with E-state index in [0.29, 0.717) is 11.6 Å². The van der Waals surface area contributed by atoms with Gasteiger partial charge in [0.2, 0.25) is 5.91 Å². The van der Waals surface area contributed by atoms with Gasteiger partial charge in [0, 0.05) is 20.9 Å². The monoisotopic (exact) mass is 450 g/mol. The predicted octanol–water partition coefficient (Wildman–Crippen LogP) is 2.30. The van der Waals surface area contributed by atoms with Crippen molar-refractivity contribution in [3.8, 4) is 0 Å². The SMILES string of the molecule is CCC(=O)N=C1S[C@@H]2CS(=O)(=O)C[C@@H]2N1c1cccc(I)c1. The first kappa shape index (κ1) is 16.3. The van der Waals surface area contributed by atoms with Crippen LogP contribution in [0.25, 0.3) is 0 Å². The summed E-state index contributed by atoms with van der Waals surface area (Å²) in [4.78, 5) is 17.8. The van der Waals surface area contributed by atoms with E-state index in [0.717, 1.165) is 9.26 Å².